The number of piperidine rings is 1. The smallest absolute Gasteiger partial charge is 0.248 e. The number of aromatic nitrogens is 4. The fourth-order valence-corrected chi connectivity index (χ4v) is 2.38. The zero-order chi connectivity index (χ0) is 14.1. The highest BCUT2D eigenvalue weighted by atomic mass is 16.1. The summed E-state index contributed by atoms with van der Waals surface area (Å²) in [5, 5.41) is 7.08. The highest BCUT2D eigenvalue weighted by Crippen LogP contribution is 2.21. The minimum absolute atomic E-state index is 0.141. The SMILES string of the molecule is CC1CCN(c2n[nH]c(-c3cccc(=O)[nH]3)n2)CC1N. The van der Waals surface area contributed by atoms with Crippen LogP contribution in [0.25, 0.3) is 11.5 Å². The zero-order valence-corrected chi connectivity index (χ0v) is 11.3. The Morgan fingerprint density at radius 1 is 1.45 bits per heavy atom. The summed E-state index contributed by atoms with van der Waals surface area (Å²) in [5.74, 6) is 1.71. The van der Waals surface area contributed by atoms with Gasteiger partial charge < -0.3 is 15.6 Å². The molecule has 7 nitrogen and oxygen atoms in total. The number of rotatable bonds is 2. The van der Waals surface area contributed by atoms with E-state index in [0.717, 1.165) is 19.5 Å². The molecule has 4 N–H and O–H groups in total. The number of H-pyrrole nitrogens is 2. The lowest BCUT2D eigenvalue weighted by Gasteiger charge is -2.34. The van der Waals surface area contributed by atoms with Crippen LogP contribution in [0.2, 0.25) is 0 Å². The summed E-state index contributed by atoms with van der Waals surface area (Å²) in [7, 11) is 0. The summed E-state index contributed by atoms with van der Waals surface area (Å²) in [6, 6.07) is 5.08. The van der Waals surface area contributed by atoms with Crippen LogP contribution in [0.1, 0.15) is 13.3 Å². The van der Waals surface area contributed by atoms with E-state index in [2.05, 4.69) is 32.0 Å². The fourth-order valence-electron chi connectivity index (χ4n) is 2.38. The number of nitrogens with two attached hydrogens (primary N) is 1. The molecule has 7 heteroatoms. The maximum absolute atomic E-state index is 11.3. The van der Waals surface area contributed by atoms with Crippen molar-refractivity contribution in [1.82, 2.24) is 20.2 Å². The van der Waals surface area contributed by atoms with Crippen LogP contribution in [-0.2, 0) is 0 Å². The molecule has 1 saturated heterocycles. The van der Waals surface area contributed by atoms with Crippen LogP contribution in [0.3, 0.4) is 0 Å². The van der Waals surface area contributed by atoms with Crippen molar-refractivity contribution in [2.75, 3.05) is 18.0 Å². The summed E-state index contributed by atoms with van der Waals surface area (Å²) in [6.07, 6.45) is 1.03. The fraction of sp³-hybridized carbons (Fsp3) is 0.462. The van der Waals surface area contributed by atoms with Crippen molar-refractivity contribution in [3.05, 3.63) is 28.6 Å². The number of nitrogens with one attached hydrogen (secondary N) is 2. The predicted octanol–water partition coefficient (Wildman–Crippen LogP) is 0.333. The van der Waals surface area contributed by atoms with Gasteiger partial charge in [-0.25, -0.2) is 0 Å². The van der Waals surface area contributed by atoms with E-state index >= 15 is 0 Å². The van der Waals surface area contributed by atoms with Gasteiger partial charge in [0.1, 0.15) is 0 Å². The van der Waals surface area contributed by atoms with Crippen LogP contribution in [-0.4, -0.2) is 39.3 Å². The molecule has 3 heterocycles. The van der Waals surface area contributed by atoms with Gasteiger partial charge in [0.05, 0.1) is 5.69 Å². The number of nitrogens with zero attached hydrogens (tertiary/aromatic N) is 3. The van der Waals surface area contributed by atoms with Crippen molar-refractivity contribution in [1.29, 1.82) is 0 Å². The van der Waals surface area contributed by atoms with Gasteiger partial charge in [0.2, 0.25) is 11.5 Å². The third-order valence-electron chi connectivity index (χ3n) is 3.80. The third-order valence-corrected chi connectivity index (χ3v) is 3.80. The molecule has 2 atom stereocenters. The molecule has 0 radical (unpaired) electrons. The van der Waals surface area contributed by atoms with E-state index in [0.29, 0.717) is 23.4 Å². The molecule has 0 bridgehead atoms. The van der Waals surface area contributed by atoms with Crippen LogP contribution in [0.15, 0.2) is 23.0 Å². The van der Waals surface area contributed by atoms with Crippen LogP contribution < -0.4 is 16.2 Å². The first-order valence-electron chi connectivity index (χ1n) is 6.76. The quantitative estimate of drug-likeness (QED) is 0.732. The first kappa shape index (κ1) is 12.9. The molecule has 1 aliphatic rings. The Hall–Kier alpha value is -2.15. The third kappa shape index (κ3) is 2.44. The first-order chi connectivity index (χ1) is 9.63. The maximum Gasteiger partial charge on any atom is 0.248 e. The minimum atomic E-state index is -0.158. The molecule has 2 aromatic heterocycles. The molecule has 106 valence electrons. The highest BCUT2D eigenvalue weighted by Gasteiger charge is 2.25. The second-order valence-electron chi connectivity index (χ2n) is 5.29. The Balaban J connectivity index is 1.82. The number of anilines is 1. The minimum Gasteiger partial charge on any atom is -0.338 e. The molecular formula is C13H18N6O. The predicted molar refractivity (Wildman–Crippen MR) is 76.4 cm³/mol. The molecule has 0 amide bonds. The summed E-state index contributed by atoms with van der Waals surface area (Å²) >= 11 is 0. The molecule has 0 aliphatic carbocycles. The largest absolute Gasteiger partial charge is 0.338 e. The average Bonchev–Trinajstić information content (AvgIpc) is 2.92. The second-order valence-corrected chi connectivity index (χ2v) is 5.29. The molecule has 3 rings (SSSR count). The lowest BCUT2D eigenvalue weighted by molar-refractivity contribution is 0.376. The lowest BCUT2D eigenvalue weighted by Crippen LogP contribution is -2.48. The van der Waals surface area contributed by atoms with E-state index in [4.69, 9.17) is 5.73 Å². The topological polar surface area (TPSA) is 104 Å². The van der Waals surface area contributed by atoms with Crippen LogP contribution in [0.4, 0.5) is 5.95 Å². The Labute approximate surface area is 116 Å². The van der Waals surface area contributed by atoms with Gasteiger partial charge in [0.25, 0.3) is 0 Å². The molecule has 0 saturated carbocycles. The Bertz CT molecular complexity index is 648. The van der Waals surface area contributed by atoms with E-state index < -0.39 is 0 Å². The summed E-state index contributed by atoms with van der Waals surface area (Å²) < 4.78 is 0. The lowest BCUT2D eigenvalue weighted by atomic mass is 9.95. The Morgan fingerprint density at radius 3 is 3.05 bits per heavy atom. The van der Waals surface area contributed by atoms with E-state index in [9.17, 15) is 4.79 Å². The normalized spacial score (nSPS) is 23.0. The van der Waals surface area contributed by atoms with Crippen LogP contribution in [0, 0.1) is 5.92 Å². The first-order valence-corrected chi connectivity index (χ1v) is 6.76. The van der Waals surface area contributed by atoms with E-state index in [1.165, 1.54) is 6.07 Å². The summed E-state index contributed by atoms with van der Waals surface area (Å²) in [5.41, 5.74) is 6.56. The van der Waals surface area contributed by atoms with Gasteiger partial charge in [0.15, 0.2) is 5.82 Å². The highest BCUT2D eigenvalue weighted by molar-refractivity contribution is 5.50. The molecule has 20 heavy (non-hydrogen) atoms. The summed E-state index contributed by atoms with van der Waals surface area (Å²) in [4.78, 5) is 20.5. The molecule has 0 spiro atoms. The van der Waals surface area contributed by atoms with E-state index in [-0.39, 0.29) is 11.6 Å². The average molecular weight is 274 g/mol. The van der Waals surface area contributed by atoms with Crippen LogP contribution in [0.5, 0.6) is 0 Å². The molecule has 1 fully saturated rings. The monoisotopic (exact) mass is 274 g/mol. The number of hydrogen-bond acceptors (Lipinski definition) is 5. The van der Waals surface area contributed by atoms with Crippen LogP contribution >= 0.6 is 0 Å². The van der Waals surface area contributed by atoms with Crippen molar-refractivity contribution in [2.45, 2.75) is 19.4 Å². The van der Waals surface area contributed by atoms with Gasteiger partial charge in [-0.1, -0.05) is 13.0 Å². The van der Waals surface area contributed by atoms with Gasteiger partial charge >= 0.3 is 0 Å². The molecule has 2 aromatic rings. The standard InChI is InChI=1S/C13H18N6O/c1-8-5-6-19(7-9(8)14)13-16-12(17-18-13)10-3-2-4-11(20)15-10/h2-4,8-9H,5-7,14H2,1H3,(H,15,20)(H,16,17,18). The van der Waals surface area contributed by atoms with Crippen molar-refractivity contribution in [3.63, 3.8) is 0 Å². The summed E-state index contributed by atoms with van der Waals surface area (Å²) in [6.45, 7) is 3.82. The van der Waals surface area contributed by atoms with Crippen molar-refractivity contribution < 1.29 is 0 Å². The Morgan fingerprint density at radius 2 is 2.30 bits per heavy atom. The van der Waals surface area contributed by atoms with Gasteiger partial charge in [-0.05, 0) is 18.4 Å². The van der Waals surface area contributed by atoms with Gasteiger partial charge in [-0.3, -0.25) is 9.89 Å². The zero-order valence-electron chi connectivity index (χ0n) is 11.3. The Kier molecular flexibility index (Phi) is 3.27. The molecule has 2 unspecified atom stereocenters. The second kappa shape index (κ2) is 5.09. The molecular weight excluding hydrogens is 256 g/mol. The number of hydrogen-bond donors (Lipinski definition) is 3. The van der Waals surface area contributed by atoms with Crippen molar-refractivity contribution >= 4 is 5.95 Å². The maximum atomic E-state index is 11.3. The van der Waals surface area contributed by atoms with Gasteiger partial charge in [-0.2, -0.15) is 4.98 Å². The van der Waals surface area contributed by atoms with Gasteiger partial charge in [0, 0.05) is 25.2 Å². The van der Waals surface area contributed by atoms with Crippen molar-refractivity contribution in [3.8, 4) is 11.5 Å². The van der Waals surface area contributed by atoms with E-state index in [1.807, 2.05) is 0 Å². The van der Waals surface area contributed by atoms with E-state index in [1.54, 1.807) is 12.1 Å². The van der Waals surface area contributed by atoms with Crippen molar-refractivity contribution in [2.24, 2.45) is 11.7 Å². The number of aromatic amines is 2. The van der Waals surface area contributed by atoms with Gasteiger partial charge in [-0.15, -0.1) is 5.10 Å². The molecule has 1 aliphatic heterocycles. The number of pyridine rings is 1. The molecule has 0 aromatic carbocycles.